The Morgan fingerprint density at radius 2 is 1.58 bits per heavy atom. The van der Waals surface area contributed by atoms with Crippen LogP contribution in [0.3, 0.4) is 0 Å². The van der Waals surface area contributed by atoms with Crippen LogP contribution in [0.5, 0.6) is 0 Å². The van der Waals surface area contributed by atoms with Crippen LogP contribution in [0.15, 0.2) is 109 Å². The third-order valence-corrected chi connectivity index (χ3v) is 11.9. The van der Waals surface area contributed by atoms with Gasteiger partial charge in [-0.2, -0.15) is 0 Å². The number of aliphatic hydroxyl groups is 2. The van der Waals surface area contributed by atoms with E-state index in [0.29, 0.717) is 36.9 Å². The predicted octanol–water partition coefficient (Wildman–Crippen LogP) is 8.68. The van der Waals surface area contributed by atoms with Crippen molar-refractivity contribution in [3.05, 3.63) is 142 Å². The summed E-state index contributed by atoms with van der Waals surface area (Å²) in [4.78, 5) is 17.0. The van der Waals surface area contributed by atoms with Crippen molar-refractivity contribution in [3.8, 4) is 11.1 Å². The number of hydrogen-bond acceptors (Lipinski definition) is 4. The molecule has 1 heterocycles. The lowest BCUT2D eigenvalue weighted by Crippen LogP contribution is -2.53. The van der Waals surface area contributed by atoms with Gasteiger partial charge >= 0.3 is 0 Å². The summed E-state index contributed by atoms with van der Waals surface area (Å²) in [6.45, 7) is 6.89. The largest absolute Gasteiger partial charge is 0.393 e. The quantitative estimate of drug-likeness (QED) is 0.169. The van der Waals surface area contributed by atoms with Gasteiger partial charge in [0, 0.05) is 36.2 Å². The maximum absolute atomic E-state index is 14.5. The molecule has 4 unspecified atom stereocenters. The lowest BCUT2D eigenvalue weighted by Gasteiger charge is -2.47. The van der Waals surface area contributed by atoms with Gasteiger partial charge in [-0.3, -0.25) is 9.69 Å². The van der Waals surface area contributed by atoms with E-state index in [0.717, 1.165) is 67.4 Å². The van der Waals surface area contributed by atoms with Crippen LogP contribution in [0, 0.1) is 5.41 Å². The van der Waals surface area contributed by atoms with Crippen LogP contribution in [0.1, 0.15) is 96.5 Å². The van der Waals surface area contributed by atoms with Gasteiger partial charge in [0.2, 0.25) is 0 Å². The van der Waals surface area contributed by atoms with E-state index in [1.807, 2.05) is 48.5 Å². The van der Waals surface area contributed by atoms with Crippen LogP contribution in [0.4, 0.5) is 0 Å². The van der Waals surface area contributed by atoms with Crippen LogP contribution < -0.4 is 0 Å². The fraction of sp³-hybridized carbons (Fsp3) is 0.386. The molecule has 4 nitrogen and oxygen atoms in total. The highest BCUT2D eigenvalue weighted by Crippen LogP contribution is 2.59. The molecule has 1 saturated carbocycles. The number of rotatable bonds is 5. The molecule has 1 aliphatic heterocycles. The molecule has 0 amide bonds. The molecule has 4 aromatic rings. The summed E-state index contributed by atoms with van der Waals surface area (Å²) in [7, 11) is 0. The van der Waals surface area contributed by atoms with E-state index in [1.54, 1.807) is 0 Å². The average molecular weight is 640 g/mol. The second-order valence-electron chi connectivity index (χ2n) is 14.9. The highest BCUT2D eigenvalue weighted by Gasteiger charge is 2.57. The third-order valence-electron chi connectivity index (χ3n) is 11.9. The van der Waals surface area contributed by atoms with E-state index in [9.17, 15) is 15.0 Å². The Morgan fingerprint density at radius 3 is 2.38 bits per heavy atom. The Hall–Kier alpha value is -3.83. The van der Waals surface area contributed by atoms with Crippen molar-refractivity contribution in [2.45, 2.75) is 89.4 Å². The van der Waals surface area contributed by atoms with E-state index in [2.05, 4.69) is 73.4 Å². The molecule has 4 aliphatic rings. The van der Waals surface area contributed by atoms with Gasteiger partial charge < -0.3 is 10.2 Å². The van der Waals surface area contributed by atoms with Crippen molar-refractivity contribution in [1.82, 2.24) is 4.90 Å². The molecule has 0 saturated heterocycles. The van der Waals surface area contributed by atoms with Crippen LogP contribution >= 0.6 is 0 Å². The monoisotopic (exact) mass is 639 g/mol. The normalized spacial score (nSPS) is 26.3. The lowest BCUT2D eigenvalue weighted by atomic mass is 9.64. The van der Waals surface area contributed by atoms with Crippen LogP contribution in [-0.4, -0.2) is 45.7 Å². The molecule has 0 spiro atoms. The molecular formula is C44H49NO3. The number of nitrogens with zero attached hydrogens (tertiary/aromatic N) is 1. The average Bonchev–Trinajstić information content (AvgIpc) is 3.35. The van der Waals surface area contributed by atoms with Gasteiger partial charge in [0.25, 0.3) is 0 Å². The number of ketones is 1. The number of β-amino-alcohol motifs (C(OH)–C–C–N with tert-alkyl or cyclic N) is 1. The minimum Gasteiger partial charge on any atom is -0.393 e. The molecule has 8 rings (SSSR count). The molecule has 4 aromatic carbocycles. The van der Waals surface area contributed by atoms with Crippen molar-refractivity contribution in [2.75, 3.05) is 13.1 Å². The van der Waals surface area contributed by atoms with Crippen LogP contribution in [0.2, 0.25) is 0 Å². The summed E-state index contributed by atoms with van der Waals surface area (Å²) >= 11 is 0. The predicted molar refractivity (Wildman–Crippen MR) is 194 cm³/mol. The Morgan fingerprint density at radius 1 is 0.854 bits per heavy atom. The van der Waals surface area contributed by atoms with Crippen molar-refractivity contribution in [1.29, 1.82) is 0 Å². The minimum absolute atomic E-state index is 0.00853. The number of fused-ring (bicyclic) bond motifs is 9. The van der Waals surface area contributed by atoms with E-state index in [1.165, 1.54) is 16.7 Å². The van der Waals surface area contributed by atoms with Gasteiger partial charge in [-0.25, -0.2) is 0 Å². The minimum atomic E-state index is -0.894. The highest BCUT2D eigenvalue weighted by atomic mass is 16.3. The SMILES string of the molecule is CC1=CCCC2(C)C(CCC2(O)CN2CCc3ccccc3C2)c2ccc(cc2C(=O)c2ccc(-c3ccccc3)cc2)CC(O)CC1. The molecule has 2 N–H and O–H groups in total. The second kappa shape index (κ2) is 13.6. The van der Waals surface area contributed by atoms with E-state index >= 15 is 0 Å². The summed E-state index contributed by atoms with van der Waals surface area (Å²) in [5.74, 6) is 0.0342. The first kappa shape index (κ1) is 32.7. The molecule has 4 heteroatoms. The van der Waals surface area contributed by atoms with E-state index < -0.39 is 17.1 Å². The van der Waals surface area contributed by atoms with E-state index in [-0.39, 0.29) is 11.7 Å². The first-order chi connectivity index (χ1) is 23.2. The Labute approximate surface area is 286 Å². The fourth-order valence-electron chi connectivity index (χ4n) is 8.86. The second-order valence-corrected chi connectivity index (χ2v) is 14.9. The number of allylic oxidation sites excluding steroid dienone is 2. The van der Waals surface area contributed by atoms with Crippen molar-refractivity contribution in [3.63, 3.8) is 0 Å². The summed E-state index contributed by atoms with van der Waals surface area (Å²) in [6, 6.07) is 33.2. The standard InChI is InChI=1S/C44H49NO3/c1-31-9-8-24-43(2)41(22-25-44(43,48)30-45-26-23-34-12-6-7-13-37(34)29-45)39-21-15-32(27-38(46)20-14-31)28-40(39)42(47)36-18-16-35(17-19-36)33-10-4-3-5-11-33/h3-7,9-13,15-19,21,28,38,41,46,48H,8,14,20,22-27,29-30H2,1-2H3. The smallest absolute Gasteiger partial charge is 0.193 e. The number of benzene rings is 4. The Bertz CT molecular complexity index is 1790. The molecule has 1 fully saturated rings. The zero-order valence-electron chi connectivity index (χ0n) is 28.5. The maximum atomic E-state index is 14.5. The van der Waals surface area contributed by atoms with Gasteiger partial charge in [0.15, 0.2) is 5.78 Å². The molecule has 248 valence electrons. The maximum Gasteiger partial charge on any atom is 0.193 e. The molecule has 3 aliphatic carbocycles. The van der Waals surface area contributed by atoms with Crippen LogP contribution in [-0.2, 0) is 19.4 Å². The summed E-state index contributed by atoms with van der Waals surface area (Å²) in [5, 5.41) is 23.8. The van der Waals surface area contributed by atoms with Crippen molar-refractivity contribution in [2.24, 2.45) is 5.41 Å². The van der Waals surface area contributed by atoms with Gasteiger partial charge in [-0.1, -0.05) is 110 Å². The van der Waals surface area contributed by atoms with Gasteiger partial charge in [-0.15, -0.1) is 0 Å². The molecule has 2 bridgehead atoms. The van der Waals surface area contributed by atoms with Gasteiger partial charge in [-0.05, 0) is 104 Å². The van der Waals surface area contributed by atoms with Crippen molar-refractivity contribution >= 4 is 5.78 Å². The number of hydrogen-bond donors (Lipinski definition) is 2. The van der Waals surface area contributed by atoms with Crippen LogP contribution in [0.25, 0.3) is 11.1 Å². The molecule has 4 atom stereocenters. The molecule has 48 heavy (non-hydrogen) atoms. The van der Waals surface area contributed by atoms with Crippen molar-refractivity contribution < 1.29 is 15.0 Å². The molecule has 0 aromatic heterocycles. The number of aliphatic hydroxyl groups excluding tert-OH is 1. The van der Waals surface area contributed by atoms with Gasteiger partial charge in [0.1, 0.15) is 0 Å². The Balaban J connectivity index is 1.26. The lowest BCUT2D eigenvalue weighted by molar-refractivity contribution is -0.0856. The Kier molecular flexibility index (Phi) is 9.26. The number of carbonyl (C=O) groups excluding carboxylic acids is 1. The molecular weight excluding hydrogens is 590 g/mol. The summed E-state index contributed by atoms with van der Waals surface area (Å²) in [6.07, 6.45) is 8.13. The third kappa shape index (κ3) is 6.46. The topological polar surface area (TPSA) is 60.8 Å². The zero-order valence-corrected chi connectivity index (χ0v) is 28.5. The zero-order chi connectivity index (χ0) is 33.3. The summed E-state index contributed by atoms with van der Waals surface area (Å²) < 4.78 is 0. The molecule has 0 radical (unpaired) electrons. The highest BCUT2D eigenvalue weighted by molar-refractivity contribution is 6.10. The first-order valence-electron chi connectivity index (χ1n) is 17.9. The fourth-order valence-corrected chi connectivity index (χ4v) is 8.86. The van der Waals surface area contributed by atoms with Gasteiger partial charge in [0.05, 0.1) is 11.7 Å². The first-order valence-corrected chi connectivity index (χ1v) is 17.9. The summed E-state index contributed by atoms with van der Waals surface area (Å²) in [5.41, 5.74) is 8.34. The van der Waals surface area contributed by atoms with E-state index in [4.69, 9.17) is 0 Å². The number of carbonyl (C=O) groups is 1.